The van der Waals surface area contributed by atoms with E-state index in [4.69, 9.17) is 0 Å². The minimum atomic E-state index is -3.41. The van der Waals surface area contributed by atoms with Crippen molar-refractivity contribution >= 4 is 21.7 Å². The van der Waals surface area contributed by atoms with Gasteiger partial charge in [-0.05, 0) is 44.4 Å². The number of carbonyl (C=O) groups excluding carboxylic acids is 1. The molecule has 0 aromatic heterocycles. The number of piperidine rings is 1. The van der Waals surface area contributed by atoms with E-state index >= 15 is 0 Å². The Kier molecular flexibility index (Phi) is 4.52. The van der Waals surface area contributed by atoms with E-state index in [1.54, 1.807) is 19.9 Å². The van der Waals surface area contributed by atoms with E-state index in [0.717, 1.165) is 6.26 Å². The van der Waals surface area contributed by atoms with Crippen molar-refractivity contribution in [3.8, 4) is 0 Å². The van der Waals surface area contributed by atoms with Crippen LogP contribution in [0.5, 0.6) is 0 Å². The van der Waals surface area contributed by atoms with E-state index < -0.39 is 21.2 Å². The van der Waals surface area contributed by atoms with Gasteiger partial charge in [-0.3, -0.25) is 9.59 Å². The predicted molar refractivity (Wildman–Crippen MR) is 85.2 cm³/mol. The zero-order valence-corrected chi connectivity index (χ0v) is 14.3. The average Bonchev–Trinajstić information content (AvgIpc) is 2.45. The van der Waals surface area contributed by atoms with Gasteiger partial charge < -0.3 is 10.0 Å². The number of rotatable bonds is 3. The first-order valence-corrected chi connectivity index (χ1v) is 9.27. The van der Waals surface area contributed by atoms with Crippen molar-refractivity contribution < 1.29 is 23.1 Å². The molecule has 1 aromatic carbocycles. The second kappa shape index (κ2) is 5.96. The van der Waals surface area contributed by atoms with Crippen LogP contribution in [0.25, 0.3) is 0 Å². The number of likely N-dealkylation sites (tertiary alicyclic amines) is 1. The quantitative estimate of drug-likeness (QED) is 0.905. The van der Waals surface area contributed by atoms with Gasteiger partial charge in [-0.15, -0.1) is 0 Å². The van der Waals surface area contributed by atoms with E-state index in [-0.39, 0.29) is 17.3 Å². The van der Waals surface area contributed by atoms with Crippen molar-refractivity contribution in [3.05, 3.63) is 29.3 Å². The Morgan fingerprint density at radius 1 is 1.30 bits per heavy atom. The molecule has 1 aliphatic heterocycles. The van der Waals surface area contributed by atoms with Gasteiger partial charge in [0.05, 0.1) is 10.3 Å². The van der Waals surface area contributed by atoms with Gasteiger partial charge in [0.1, 0.15) is 0 Å². The molecule has 1 aromatic rings. The number of amides is 1. The van der Waals surface area contributed by atoms with Gasteiger partial charge in [-0.2, -0.15) is 0 Å². The molecule has 126 valence electrons. The summed E-state index contributed by atoms with van der Waals surface area (Å²) in [6, 6.07) is 4.45. The molecule has 1 atom stereocenters. The van der Waals surface area contributed by atoms with E-state index in [0.29, 0.717) is 30.5 Å². The maximum Gasteiger partial charge on any atom is 0.311 e. The summed E-state index contributed by atoms with van der Waals surface area (Å²) in [5.74, 6) is -1.24. The SMILES string of the molecule is Cc1ccc(S(C)(=O)=O)cc1C(=O)N1CCCC(C)(C(=O)O)C1. The Hall–Kier alpha value is -1.89. The van der Waals surface area contributed by atoms with Crippen LogP contribution in [0.2, 0.25) is 0 Å². The molecule has 1 aliphatic rings. The predicted octanol–water partition coefficient (Wildman–Crippen LogP) is 1.73. The zero-order chi connectivity index (χ0) is 17.4. The molecule has 6 nitrogen and oxygen atoms in total. The summed E-state index contributed by atoms with van der Waals surface area (Å²) in [6.07, 6.45) is 2.22. The smallest absolute Gasteiger partial charge is 0.311 e. The highest BCUT2D eigenvalue weighted by atomic mass is 32.2. The Balaban J connectivity index is 2.35. The number of carbonyl (C=O) groups is 2. The van der Waals surface area contributed by atoms with Crippen molar-refractivity contribution in [3.63, 3.8) is 0 Å². The van der Waals surface area contributed by atoms with Crippen LogP contribution in [-0.2, 0) is 14.6 Å². The molecule has 1 fully saturated rings. The number of benzene rings is 1. The van der Waals surface area contributed by atoms with Crippen molar-refractivity contribution in [1.82, 2.24) is 4.90 Å². The zero-order valence-electron chi connectivity index (χ0n) is 13.5. The van der Waals surface area contributed by atoms with Gasteiger partial charge >= 0.3 is 5.97 Å². The molecule has 0 spiro atoms. The maximum absolute atomic E-state index is 12.7. The van der Waals surface area contributed by atoms with Crippen LogP contribution < -0.4 is 0 Å². The molecule has 0 radical (unpaired) electrons. The summed E-state index contributed by atoms with van der Waals surface area (Å²) in [5, 5.41) is 9.36. The maximum atomic E-state index is 12.7. The van der Waals surface area contributed by atoms with Crippen LogP contribution in [0.4, 0.5) is 0 Å². The number of carboxylic acids is 1. The third kappa shape index (κ3) is 3.55. The lowest BCUT2D eigenvalue weighted by molar-refractivity contribution is -0.150. The summed E-state index contributed by atoms with van der Waals surface area (Å²) < 4.78 is 23.4. The molecule has 1 N–H and O–H groups in total. The van der Waals surface area contributed by atoms with Gasteiger partial charge in [0, 0.05) is 24.9 Å². The lowest BCUT2D eigenvalue weighted by atomic mass is 9.82. The first-order chi connectivity index (χ1) is 10.5. The number of sulfone groups is 1. The molecule has 0 bridgehead atoms. The standard InChI is InChI=1S/C16H21NO5S/c1-11-5-6-12(23(3,21)22)9-13(11)14(18)17-8-4-7-16(2,10-17)15(19)20/h5-6,9H,4,7-8,10H2,1-3H3,(H,19,20). The van der Waals surface area contributed by atoms with E-state index in [2.05, 4.69) is 0 Å². The fourth-order valence-electron chi connectivity index (χ4n) is 2.82. The molecule has 1 unspecified atom stereocenters. The highest BCUT2D eigenvalue weighted by Crippen LogP contribution is 2.31. The average molecular weight is 339 g/mol. The highest BCUT2D eigenvalue weighted by Gasteiger charge is 2.39. The van der Waals surface area contributed by atoms with Crippen molar-refractivity contribution in [2.24, 2.45) is 5.41 Å². The summed E-state index contributed by atoms with van der Waals surface area (Å²) in [5.41, 5.74) is 0.0172. The summed E-state index contributed by atoms with van der Waals surface area (Å²) in [7, 11) is -3.41. The molecule has 2 rings (SSSR count). The molecular formula is C16H21NO5S. The minimum Gasteiger partial charge on any atom is -0.481 e. The fourth-order valence-corrected chi connectivity index (χ4v) is 3.47. The Morgan fingerprint density at radius 2 is 1.96 bits per heavy atom. The Labute approximate surface area is 136 Å². The topological polar surface area (TPSA) is 91.8 Å². The van der Waals surface area contributed by atoms with Crippen LogP contribution in [0.1, 0.15) is 35.7 Å². The van der Waals surface area contributed by atoms with Gasteiger partial charge in [-0.1, -0.05) is 6.07 Å². The molecule has 0 aliphatic carbocycles. The second-order valence-electron chi connectivity index (χ2n) is 6.44. The molecule has 1 amide bonds. The number of carboxylic acid groups (broad SMARTS) is 1. The molecule has 0 saturated carbocycles. The van der Waals surface area contributed by atoms with Crippen molar-refractivity contribution in [2.45, 2.75) is 31.6 Å². The Morgan fingerprint density at radius 3 is 2.52 bits per heavy atom. The van der Waals surface area contributed by atoms with Gasteiger partial charge in [0.15, 0.2) is 9.84 Å². The largest absolute Gasteiger partial charge is 0.481 e. The number of aliphatic carboxylic acids is 1. The van der Waals surface area contributed by atoms with Gasteiger partial charge in [0.25, 0.3) is 5.91 Å². The number of hydrogen-bond donors (Lipinski definition) is 1. The summed E-state index contributed by atoms with van der Waals surface area (Å²) in [4.78, 5) is 25.8. The molecule has 7 heteroatoms. The lowest BCUT2D eigenvalue weighted by Crippen LogP contribution is -2.48. The summed E-state index contributed by atoms with van der Waals surface area (Å²) >= 11 is 0. The summed E-state index contributed by atoms with van der Waals surface area (Å²) in [6.45, 7) is 3.97. The fraction of sp³-hybridized carbons (Fsp3) is 0.500. The van der Waals surface area contributed by atoms with Gasteiger partial charge in [-0.25, -0.2) is 8.42 Å². The second-order valence-corrected chi connectivity index (χ2v) is 8.46. The van der Waals surface area contributed by atoms with Crippen LogP contribution >= 0.6 is 0 Å². The molecule has 1 heterocycles. The third-order valence-electron chi connectivity index (χ3n) is 4.37. The van der Waals surface area contributed by atoms with Crippen LogP contribution in [-0.4, -0.2) is 49.6 Å². The Bertz CT molecular complexity index is 756. The highest BCUT2D eigenvalue weighted by molar-refractivity contribution is 7.90. The number of hydrogen-bond acceptors (Lipinski definition) is 4. The van der Waals surface area contributed by atoms with E-state index in [1.807, 2.05) is 0 Å². The first-order valence-electron chi connectivity index (χ1n) is 7.38. The minimum absolute atomic E-state index is 0.0875. The van der Waals surface area contributed by atoms with E-state index in [1.165, 1.54) is 17.0 Å². The third-order valence-corrected chi connectivity index (χ3v) is 5.48. The van der Waals surface area contributed by atoms with E-state index in [9.17, 15) is 23.1 Å². The normalized spacial score (nSPS) is 22.0. The van der Waals surface area contributed by atoms with Crippen LogP contribution in [0.15, 0.2) is 23.1 Å². The number of nitrogens with zero attached hydrogens (tertiary/aromatic N) is 1. The van der Waals surface area contributed by atoms with Crippen LogP contribution in [0.3, 0.4) is 0 Å². The van der Waals surface area contributed by atoms with Crippen molar-refractivity contribution in [1.29, 1.82) is 0 Å². The number of aryl methyl sites for hydroxylation is 1. The lowest BCUT2D eigenvalue weighted by Gasteiger charge is -2.37. The first kappa shape index (κ1) is 17.5. The van der Waals surface area contributed by atoms with Crippen molar-refractivity contribution in [2.75, 3.05) is 19.3 Å². The molecule has 23 heavy (non-hydrogen) atoms. The van der Waals surface area contributed by atoms with Gasteiger partial charge in [0.2, 0.25) is 0 Å². The van der Waals surface area contributed by atoms with Crippen LogP contribution in [0, 0.1) is 12.3 Å². The monoisotopic (exact) mass is 339 g/mol. The molecular weight excluding hydrogens is 318 g/mol. The molecule has 1 saturated heterocycles.